The summed E-state index contributed by atoms with van der Waals surface area (Å²) in [5, 5.41) is 14.8. The van der Waals surface area contributed by atoms with Gasteiger partial charge >= 0.3 is 0 Å². The summed E-state index contributed by atoms with van der Waals surface area (Å²) in [5.74, 6) is 0.547. The summed E-state index contributed by atoms with van der Waals surface area (Å²) in [6, 6.07) is 25.5. The zero-order valence-electron chi connectivity index (χ0n) is 28.6. The number of hydrogen-bond donors (Lipinski definition) is 1. The Labute approximate surface area is 291 Å². The Bertz CT molecular complexity index is 2210. The summed E-state index contributed by atoms with van der Waals surface area (Å²) >= 11 is 0. The average Bonchev–Trinajstić information content (AvgIpc) is 3.55. The van der Waals surface area contributed by atoms with E-state index < -0.39 is 0 Å². The fourth-order valence-corrected chi connectivity index (χ4v) is 7.22. The van der Waals surface area contributed by atoms with Crippen molar-refractivity contribution in [2.45, 2.75) is 80.6 Å². The van der Waals surface area contributed by atoms with Crippen LogP contribution in [0.1, 0.15) is 79.7 Å². The first-order valence-electron chi connectivity index (χ1n) is 16.9. The van der Waals surface area contributed by atoms with E-state index in [1.54, 1.807) is 0 Å². The number of allylic oxidation sites excluding steroid dienone is 2. The normalized spacial score (nSPS) is 12.7. The maximum atomic E-state index is 11.7. The van der Waals surface area contributed by atoms with Crippen molar-refractivity contribution in [2.75, 3.05) is 0 Å². The summed E-state index contributed by atoms with van der Waals surface area (Å²) in [6.45, 7) is 15.0. The molecule has 0 fully saturated rings. The molecule has 0 amide bonds. The molecule has 3 aromatic carbocycles. The van der Waals surface area contributed by atoms with Gasteiger partial charge < -0.3 is 13.9 Å². The second kappa shape index (κ2) is 13.8. The monoisotopic (exact) mass is 805 g/mol. The third-order valence-corrected chi connectivity index (χ3v) is 9.58. The van der Waals surface area contributed by atoms with Gasteiger partial charge in [0.15, 0.2) is 11.4 Å². The zero-order chi connectivity index (χ0) is 32.7. The van der Waals surface area contributed by atoms with Gasteiger partial charge in [-0.05, 0) is 66.7 Å². The molecule has 0 saturated carbocycles. The number of benzene rings is 3. The number of nitrogens with zero attached hydrogens (tertiary/aromatic N) is 3. The predicted molar refractivity (Wildman–Crippen MR) is 193 cm³/mol. The van der Waals surface area contributed by atoms with Gasteiger partial charge in [0.2, 0.25) is 0 Å². The molecule has 47 heavy (non-hydrogen) atoms. The smallest absolute Gasteiger partial charge is 0.162 e. The maximum absolute atomic E-state index is 11.7. The summed E-state index contributed by atoms with van der Waals surface area (Å²) < 4.78 is 4.73. The quantitative estimate of drug-likeness (QED) is 0.0720. The molecule has 0 unspecified atom stereocenters. The van der Waals surface area contributed by atoms with Gasteiger partial charge in [-0.2, -0.15) is 24.3 Å². The number of aliphatic hydroxyl groups excluding tert-OH is 1. The van der Waals surface area contributed by atoms with Gasteiger partial charge in [-0.25, -0.2) is 4.98 Å². The van der Waals surface area contributed by atoms with Crippen LogP contribution in [0.3, 0.4) is 0 Å². The summed E-state index contributed by atoms with van der Waals surface area (Å²) in [6.07, 6.45) is 7.90. The van der Waals surface area contributed by atoms with Crippen LogP contribution in [0.25, 0.3) is 54.8 Å². The second-order valence-corrected chi connectivity index (χ2v) is 13.9. The van der Waals surface area contributed by atoms with Crippen LogP contribution in [-0.4, -0.2) is 24.7 Å². The van der Waals surface area contributed by atoms with E-state index in [1.807, 2.05) is 40.0 Å². The van der Waals surface area contributed by atoms with Crippen molar-refractivity contribution in [1.82, 2.24) is 13.8 Å². The van der Waals surface area contributed by atoms with E-state index in [-0.39, 0.29) is 48.9 Å². The molecule has 0 bridgehead atoms. The number of aliphatic hydroxyl groups is 1. The largest absolute Gasteiger partial charge is 0.512 e. The number of fused-ring (bicyclic) bond motifs is 8. The molecule has 0 spiro atoms. The summed E-state index contributed by atoms with van der Waals surface area (Å²) in [5.41, 5.74) is 8.58. The van der Waals surface area contributed by atoms with E-state index in [0.29, 0.717) is 0 Å². The van der Waals surface area contributed by atoms with Crippen molar-refractivity contribution in [2.24, 2.45) is 17.3 Å². The molecule has 0 saturated heterocycles. The standard InChI is InChI=1S/C28H22N3.C13H24O2.Ir/c1-28(2,3)16-17-11-12-19-21-13-14-29-27-26(21)30(24(19)15-17)23-10-6-8-20-18-7-4-5-9-22(18)31(27)25(20)23;1-5-10(6-2)12(14)9-13(15)11(7-3)8-4;/h4-8,10-15H,16H2,1-3H3;9-11,14H,5-8H2,1-4H3;/q-1;;/b;12-9-;. The van der Waals surface area contributed by atoms with E-state index in [0.717, 1.165) is 43.3 Å². The molecule has 0 aliphatic heterocycles. The van der Waals surface area contributed by atoms with Crippen molar-refractivity contribution >= 4 is 60.6 Å². The maximum Gasteiger partial charge on any atom is 0.162 e. The van der Waals surface area contributed by atoms with Crippen LogP contribution < -0.4 is 0 Å². The van der Waals surface area contributed by atoms with Crippen molar-refractivity contribution < 1.29 is 30.0 Å². The van der Waals surface area contributed by atoms with Crippen LogP contribution in [0.4, 0.5) is 0 Å². The van der Waals surface area contributed by atoms with Gasteiger partial charge in [-0.1, -0.05) is 78.2 Å². The van der Waals surface area contributed by atoms with Crippen molar-refractivity contribution in [1.29, 1.82) is 0 Å². The van der Waals surface area contributed by atoms with E-state index in [2.05, 4.69) is 90.2 Å². The minimum Gasteiger partial charge on any atom is -0.512 e. The number of pyridine rings is 1. The fraction of sp³-hybridized carbons (Fsp3) is 0.366. The van der Waals surface area contributed by atoms with Crippen LogP contribution in [0.2, 0.25) is 0 Å². The fourth-order valence-electron chi connectivity index (χ4n) is 7.22. The van der Waals surface area contributed by atoms with Gasteiger partial charge in [-0.15, -0.1) is 5.39 Å². The van der Waals surface area contributed by atoms with Gasteiger partial charge in [-0.3, -0.25) is 4.79 Å². The molecule has 4 heterocycles. The van der Waals surface area contributed by atoms with E-state index >= 15 is 0 Å². The van der Waals surface area contributed by atoms with Crippen molar-refractivity contribution in [3.63, 3.8) is 0 Å². The Morgan fingerprint density at radius 3 is 2.19 bits per heavy atom. The van der Waals surface area contributed by atoms with Gasteiger partial charge in [0.05, 0.1) is 27.8 Å². The number of carbonyl (C=O) groups excluding carboxylic acids is 1. The molecule has 7 rings (SSSR count). The Morgan fingerprint density at radius 2 is 1.51 bits per heavy atom. The molecule has 0 aliphatic rings. The van der Waals surface area contributed by atoms with E-state index in [1.165, 1.54) is 55.3 Å². The summed E-state index contributed by atoms with van der Waals surface area (Å²) in [4.78, 5) is 16.6. The van der Waals surface area contributed by atoms with Crippen LogP contribution in [0.15, 0.2) is 78.7 Å². The number of ketones is 1. The third kappa shape index (κ3) is 6.19. The number of para-hydroxylation sites is 2. The van der Waals surface area contributed by atoms with Crippen LogP contribution >= 0.6 is 0 Å². The molecule has 6 heteroatoms. The molecule has 5 nitrogen and oxygen atoms in total. The Kier molecular flexibility index (Phi) is 10.1. The van der Waals surface area contributed by atoms with Gasteiger partial charge in [0, 0.05) is 55.0 Å². The number of rotatable bonds is 8. The van der Waals surface area contributed by atoms with Crippen molar-refractivity contribution in [3.8, 4) is 0 Å². The molecule has 1 N–H and O–H groups in total. The van der Waals surface area contributed by atoms with Crippen LogP contribution in [-0.2, 0) is 31.3 Å². The zero-order valence-corrected chi connectivity index (χ0v) is 31.0. The first-order chi connectivity index (χ1) is 22.1. The van der Waals surface area contributed by atoms with Gasteiger partial charge in [0.1, 0.15) is 0 Å². The van der Waals surface area contributed by atoms with Crippen LogP contribution in [0, 0.1) is 23.3 Å². The number of carbonyl (C=O) groups is 1. The Morgan fingerprint density at radius 1 is 0.830 bits per heavy atom. The topological polar surface area (TPSA) is 59.0 Å². The molecule has 0 aliphatic carbocycles. The number of hydrogen-bond acceptors (Lipinski definition) is 3. The Balaban J connectivity index is 0.000000234. The third-order valence-electron chi connectivity index (χ3n) is 9.58. The first-order valence-corrected chi connectivity index (χ1v) is 16.9. The molecular formula is C41H46IrN3O2-. The molecule has 1 radical (unpaired) electrons. The van der Waals surface area contributed by atoms with Crippen LogP contribution in [0.5, 0.6) is 0 Å². The van der Waals surface area contributed by atoms with Crippen molar-refractivity contribution in [3.05, 3.63) is 90.3 Å². The molecule has 7 aromatic rings. The second-order valence-electron chi connectivity index (χ2n) is 13.9. The molecule has 4 aromatic heterocycles. The SMILES string of the molecule is CC(C)(C)Cc1ccc2c3ccnc4c3n(c2c1)c1cccc2c3ccc[c-]c3n4c21.CCC(CC)C(=O)/C=C(\O)C(CC)CC.[Ir]. The van der Waals surface area contributed by atoms with E-state index in [4.69, 9.17) is 4.98 Å². The van der Waals surface area contributed by atoms with E-state index in [9.17, 15) is 9.90 Å². The number of aromatic nitrogens is 3. The average molecular weight is 805 g/mol. The molecule has 0 atom stereocenters. The Hall–Kier alpha value is -3.73. The van der Waals surface area contributed by atoms with Gasteiger partial charge in [0.25, 0.3) is 0 Å². The minimum absolute atomic E-state index is 0. The first kappa shape index (κ1) is 34.6. The molecular weight excluding hydrogens is 759 g/mol. The molecule has 247 valence electrons. The predicted octanol–water partition coefficient (Wildman–Crippen LogP) is 10.9. The summed E-state index contributed by atoms with van der Waals surface area (Å²) in [7, 11) is 0. The minimum atomic E-state index is 0.